The van der Waals surface area contributed by atoms with Gasteiger partial charge in [0.15, 0.2) is 4.90 Å². The molecule has 0 saturated carbocycles. The van der Waals surface area contributed by atoms with Crippen LogP contribution in [0, 0.1) is 13.8 Å². The third kappa shape index (κ3) is 2.83. The molecule has 3 rings (SSSR count). The smallest absolute Gasteiger partial charge is 0.187 e. The Labute approximate surface area is 145 Å². The molecule has 0 spiro atoms. The van der Waals surface area contributed by atoms with Crippen LogP contribution in [0.15, 0.2) is 41.3 Å². The summed E-state index contributed by atoms with van der Waals surface area (Å²) in [6.07, 6.45) is 0. The molecule has 0 radical (unpaired) electrons. The highest BCUT2D eigenvalue weighted by atomic mass is 32.2. The molecule has 0 aliphatic carbocycles. The Bertz CT molecular complexity index is 888. The molecule has 6 heteroatoms. The van der Waals surface area contributed by atoms with E-state index in [1.54, 1.807) is 4.68 Å². The van der Waals surface area contributed by atoms with Crippen LogP contribution in [-0.4, -0.2) is 28.4 Å². The number of aryl methyl sites for hydroxylation is 2. The van der Waals surface area contributed by atoms with Crippen LogP contribution in [0.5, 0.6) is 0 Å². The van der Waals surface area contributed by atoms with Gasteiger partial charge in [0.1, 0.15) is 17.0 Å². The highest BCUT2D eigenvalue weighted by molar-refractivity contribution is 7.93. The summed E-state index contributed by atoms with van der Waals surface area (Å²) in [4.78, 5) is 2.84. The first kappa shape index (κ1) is 16.7. The monoisotopic (exact) mass is 342 g/mol. The van der Waals surface area contributed by atoms with E-state index in [1.165, 1.54) is 0 Å². The maximum atomic E-state index is 13.0. The number of nitrogens with zero attached hydrogens (tertiary/aromatic N) is 3. The highest BCUT2D eigenvalue weighted by Gasteiger charge is 2.20. The molecule has 5 nitrogen and oxygen atoms in total. The van der Waals surface area contributed by atoms with E-state index in [1.807, 2.05) is 59.3 Å². The van der Waals surface area contributed by atoms with E-state index in [4.69, 9.17) is 0 Å². The van der Waals surface area contributed by atoms with Crippen LogP contribution in [0.25, 0.3) is 10.8 Å². The van der Waals surface area contributed by atoms with Crippen molar-refractivity contribution in [3.8, 4) is 0 Å². The van der Waals surface area contributed by atoms with Gasteiger partial charge in [-0.1, -0.05) is 18.2 Å². The molecule has 1 N–H and O–H groups in total. The van der Waals surface area contributed by atoms with Crippen LogP contribution in [0.4, 0.5) is 11.4 Å². The molecule has 1 aromatic heterocycles. The molecule has 1 atom stereocenters. The first-order chi connectivity index (χ1) is 11.4. The van der Waals surface area contributed by atoms with Gasteiger partial charge < -0.3 is 9.45 Å². The third-order valence-corrected chi connectivity index (χ3v) is 5.39. The molecule has 0 saturated heterocycles. The topological polar surface area (TPSA) is 56.1 Å². The average Bonchev–Trinajstić information content (AvgIpc) is 2.79. The number of hydrogen-bond acceptors (Lipinski definition) is 4. The van der Waals surface area contributed by atoms with Gasteiger partial charge in [-0.2, -0.15) is 9.82 Å². The maximum absolute atomic E-state index is 13.0. The number of hydrogen-bond donors (Lipinski definition) is 1. The minimum atomic E-state index is -1.36. The van der Waals surface area contributed by atoms with E-state index in [0.717, 1.165) is 38.4 Å². The lowest BCUT2D eigenvalue weighted by atomic mass is 10.1. The predicted octanol–water partition coefficient (Wildman–Crippen LogP) is 3.39. The molecule has 126 valence electrons. The molecule has 1 unspecified atom stereocenters. The fourth-order valence-corrected chi connectivity index (χ4v) is 4.06. The standard InChI is InChI=1S/C18H22N4OS/c1-12-18(13(2)22(5)19-12)20-24(23)17-11-7-8-14-15(17)9-6-10-16(14)21(3)4/h6-11,20H,1-5H3. The van der Waals surface area contributed by atoms with Crippen molar-refractivity contribution in [2.45, 2.75) is 18.7 Å². The predicted molar refractivity (Wildman–Crippen MR) is 101 cm³/mol. The fourth-order valence-electron chi connectivity index (χ4n) is 2.89. The van der Waals surface area contributed by atoms with Gasteiger partial charge in [-0.15, -0.1) is 0 Å². The van der Waals surface area contributed by atoms with Crippen LogP contribution in [0.3, 0.4) is 0 Å². The summed E-state index contributed by atoms with van der Waals surface area (Å²) in [5.41, 5.74) is 3.75. The molecule has 0 aliphatic heterocycles. The number of rotatable bonds is 4. The normalized spacial score (nSPS) is 12.4. The number of aromatic nitrogens is 2. The van der Waals surface area contributed by atoms with E-state index in [2.05, 4.69) is 26.9 Å². The SMILES string of the molecule is Cc1nn(C)c(C)c1N[S+]([O-])c1cccc2c(N(C)C)cccc12. The van der Waals surface area contributed by atoms with Crippen molar-refractivity contribution in [3.63, 3.8) is 0 Å². The van der Waals surface area contributed by atoms with Gasteiger partial charge in [-0.25, -0.2) is 0 Å². The summed E-state index contributed by atoms with van der Waals surface area (Å²) in [6.45, 7) is 3.88. The highest BCUT2D eigenvalue weighted by Crippen LogP contribution is 2.31. The second-order valence-corrected chi connectivity index (χ2v) is 7.24. The van der Waals surface area contributed by atoms with Crippen molar-refractivity contribution < 1.29 is 4.55 Å². The van der Waals surface area contributed by atoms with Gasteiger partial charge in [0, 0.05) is 37.6 Å². The van der Waals surface area contributed by atoms with Crippen LogP contribution in [0.2, 0.25) is 0 Å². The summed E-state index contributed by atoms with van der Waals surface area (Å²) >= 11 is -1.36. The molecule has 0 amide bonds. The average molecular weight is 342 g/mol. The Morgan fingerprint density at radius 3 is 2.38 bits per heavy atom. The molecule has 24 heavy (non-hydrogen) atoms. The quantitative estimate of drug-likeness (QED) is 0.739. The van der Waals surface area contributed by atoms with Crippen molar-refractivity contribution >= 4 is 33.5 Å². The number of fused-ring (bicyclic) bond motifs is 1. The first-order valence-electron chi connectivity index (χ1n) is 7.78. The minimum Gasteiger partial charge on any atom is -0.588 e. The van der Waals surface area contributed by atoms with Crippen molar-refractivity contribution in [3.05, 3.63) is 47.8 Å². The van der Waals surface area contributed by atoms with Crippen molar-refractivity contribution in [1.82, 2.24) is 9.78 Å². The maximum Gasteiger partial charge on any atom is 0.187 e. The van der Waals surface area contributed by atoms with Gasteiger partial charge >= 0.3 is 0 Å². The summed E-state index contributed by atoms with van der Waals surface area (Å²) in [6, 6.07) is 12.0. The Kier molecular flexibility index (Phi) is 4.43. The zero-order valence-electron chi connectivity index (χ0n) is 14.6. The molecule has 0 aliphatic rings. The van der Waals surface area contributed by atoms with E-state index in [-0.39, 0.29) is 0 Å². The van der Waals surface area contributed by atoms with Crippen molar-refractivity contribution in [2.75, 3.05) is 23.7 Å². The molecule has 0 fully saturated rings. The Balaban J connectivity index is 2.04. The fraction of sp³-hybridized carbons (Fsp3) is 0.278. The van der Waals surface area contributed by atoms with Crippen molar-refractivity contribution in [1.29, 1.82) is 0 Å². The van der Waals surface area contributed by atoms with Crippen LogP contribution >= 0.6 is 0 Å². The first-order valence-corrected chi connectivity index (χ1v) is 8.93. The second kappa shape index (κ2) is 6.37. The Hall–Kier alpha value is -2.18. The number of benzene rings is 2. The van der Waals surface area contributed by atoms with E-state index >= 15 is 0 Å². The van der Waals surface area contributed by atoms with E-state index in [9.17, 15) is 4.55 Å². The lowest BCUT2D eigenvalue weighted by molar-refractivity contribution is 0.601. The molecule has 1 heterocycles. The van der Waals surface area contributed by atoms with Gasteiger partial charge in [0.25, 0.3) is 0 Å². The number of anilines is 2. The molecule has 0 bridgehead atoms. The zero-order chi connectivity index (χ0) is 17.4. The molecule has 2 aromatic carbocycles. The van der Waals surface area contributed by atoms with Gasteiger partial charge in [0.2, 0.25) is 0 Å². The van der Waals surface area contributed by atoms with Gasteiger partial charge in [-0.05, 0) is 32.0 Å². The lowest BCUT2D eigenvalue weighted by Crippen LogP contribution is -2.15. The van der Waals surface area contributed by atoms with Crippen LogP contribution in [0.1, 0.15) is 11.4 Å². The minimum absolute atomic E-state index is 0.777. The second-order valence-electron chi connectivity index (χ2n) is 6.06. The van der Waals surface area contributed by atoms with E-state index < -0.39 is 11.4 Å². The van der Waals surface area contributed by atoms with E-state index in [0.29, 0.717) is 0 Å². The molecular weight excluding hydrogens is 320 g/mol. The summed E-state index contributed by atoms with van der Waals surface area (Å²) in [5.74, 6) is 0. The van der Waals surface area contributed by atoms with Gasteiger partial charge in [0.05, 0.1) is 11.4 Å². The van der Waals surface area contributed by atoms with Gasteiger partial charge in [-0.3, -0.25) is 4.68 Å². The van der Waals surface area contributed by atoms with Crippen LogP contribution < -0.4 is 9.62 Å². The number of nitrogens with one attached hydrogen (secondary N) is 1. The van der Waals surface area contributed by atoms with Crippen molar-refractivity contribution in [2.24, 2.45) is 7.05 Å². The summed E-state index contributed by atoms with van der Waals surface area (Å²) < 4.78 is 17.9. The zero-order valence-corrected chi connectivity index (χ0v) is 15.4. The summed E-state index contributed by atoms with van der Waals surface area (Å²) in [5, 5.41) is 6.46. The molecular formula is C18H22N4OS. The largest absolute Gasteiger partial charge is 0.588 e. The third-order valence-electron chi connectivity index (χ3n) is 4.24. The van der Waals surface area contributed by atoms with Crippen LogP contribution in [-0.2, 0) is 18.4 Å². The lowest BCUT2D eigenvalue weighted by Gasteiger charge is -2.18. The molecule has 3 aromatic rings. The summed E-state index contributed by atoms with van der Waals surface area (Å²) in [7, 11) is 5.91. The Morgan fingerprint density at radius 1 is 1.08 bits per heavy atom. The Morgan fingerprint density at radius 2 is 1.75 bits per heavy atom.